The lowest BCUT2D eigenvalue weighted by Crippen LogP contribution is -2.49. The predicted octanol–water partition coefficient (Wildman–Crippen LogP) is 2.44. The number of nitrogens with one attached hydrogen (secondary N) is 2. The van der Waals surface area contributed by atoms with Gasteiger partial charge in [-0.2, -0.15) is 5.26 Å². The lowest BCUT2D eigenvalue weighted by Gasteiger charge is -2.24. The van der Waals surface area contributed by atoms with Crippen molar-refractivity contribution in [1.82, 2.24) is 5.32 Å². The topological polar surface area (TPSA) is 64.9 Å². The normalized spacial score (nSPS) is 14.0. The van der Waals surface area contributed by atoms with Crippen molar-refractivity contribution in [3.63, 3.8) is 0 Å². The second kappa shape index (κ2) is 5.32. The van der Waals surface area contributed by atoms with Crippen molar-refractivity contribution in [3.05, 3.63) is 16.0 Å². The zero-order chi connectivity index (χ0) is 14.0. The van der Waals surface area contributed by atoms with Crippen LogP contribution < -0.4 is 10.6 Å². The number of nitrogens with zero attached hydrogens (tertiary/aromatic N) is 1. The van der Waals surface area contributed by atoms with E-state index in [2.05, 4.69) is 16.7 Å². The van der Waals surface area contributed by atoms with Crippen LogP contribution in [0.2, 0.25) is 0 Å². The maximum absolute atomic E-state index is 12.2. The fourth-order valence-electron chi connectivity index (χ4n) is 2.39. The molecule has 0 aromatic carbocycles. The summed E-state index contributed by atoms with van der Waals surface area (Å²) in [6, 6.07) is 2.24. The first kappa shape index (κ1) is 14.0. The zero-order valence-corrected chi connectivity index (χ0v) is 12.4. The van der Waals surface area contributed by atoms with Crippen LogP contribution in [-0.4, -0.2) is 18.0 Å². The summed E-state index contributed by atoms with van der Waals surface area (Å²) in [5.74, 6) is -0.0919. The first-order chi connectivity index (χ1) is 8.99. The zero-order valence-electron chi connectivity index (χ0n) is 11.6. The molecule has 1 amide bonds. The van der Waals surface area contributed by atoms with Crippen molar-refractivity contribution in [2.75, 3.05) is 11.9 Å². The van der Waals surface area contributed by atoms with Crippen molar-refractivity contribution in [1.29, 1.82) is 5.26 Å². The van der Waals surface area contributed by atoms with Gasteiger partial charge < -0.3 is 10.6 Å². The van der Waals surface area contributed by atoms with Crippen LogP contribution in [0.1, 0.15) is 43.2 Å². The Hall–Kier alpha value is -1.38. The molecule has 102 valence electrons. The number of anilines is 1. The third kappa shape index (κ3) is 2.65. The predicted molar refractivity (Wildman–Crippen MR) is 77.4 cm³/mol. The Bertz CT molecular complexity index is 540. The number of amides is 1. The molecule has 1 heterocycles. The van der Waals surface area contributed by atoms with E-state index < -0.39 is 5.54 Å². The van der Waals surface area contributed by atoms with Gasteiger partial charge in [0.25, 0.3) is 0 Å². The van der Waals surface area contributed by atoms with Crippen LogP contribution in [0.15, 0.2) is 0 Å². The summed E-state index contributed by atoms with van der Waals surface area (Å²) in [6.07, 6.45) is 3.11. The van der Waals surface area contributed by atoms with Gasteiger partial charge in [-0.3, -0.25) is 4.79 Å². The number of carbonyl (C=O) groups is 1. The molecule has 5 heteroatoms. The summed E-state index contributed by atoms with van der Waals surface area (Å²) < 4.78 is 0. The molecule has 0 bridgehead atoms. The number of fused-ring (bicyclic) bond motifs is 1. The Morgan fingerprint density at radius 2 is 2.21 bits per heavy atom. The molecule has 0 unspecified atom stereocenters. The molecule has 0 fully saturated rings. The Morgan fingerprint density at radius 1 is 1.47 bits per heavy atom. The number of nitriles is 1. The summed E-state index contributed by atoms with van der Waals surface area (Å²) in [5.41, 5.74) is 1.18. The van der Waals surface area contributed by atoms with Gasteiger partial charge >= 0.3 is 0 Å². The van der Waals surface area contributed by atoms with Crippen molar-refractivity contribution in [2.45, 2.75) is 45.6 Å². The molecule has 0 aliphatic heterocycles. The van der Waals surface area contributed by atoms with Gasteiger partial charge in [0.15, 0.2) is 0 Å². The van der Waals surface area contributed by atoms with Crippen molar-refractivity contribution < 1.29 is 4.79 Å². The van der Waals surface area contributed by atoms with Gasteiger partial charge in [0.2, 0.25) is 5.91 Å². The van der Waals surface area contributed by atoms with E-state index in [-0.39, 0.29) is 5.91 Å². The monoisotopic (exact) mass is 277 g/mol. The van der Waals surface area contributed by atoms with Crippen LogP contribution >= 0.6 is 11.3 Å². The fraction of sp³-hybridized carbons (Fsp3) is 0.571. The lowest BCUT2D eigenvalue weighted by molar-refractivity contribution is -0.121. The highest BCUT2D eigenvalue weighted by Crippen LogP contribution is 2.38. The standard InChI is InChI=1S/C14H19N3OS/c1-4-16-14(2,3)13(18)17-12-10(8-15)9-6-5-7-11(9)19-12/h16H,4-7H2,1-3H3,(H,17,18). The highest BCUT2D eigenvalue weighted by molar-refractivity contribution is 7.16. The largest absolute Gasteiger partial charge is 0.315 e. The second-order valence-corrected chi connectivity index (χ2v) is 6.39. The van der Waals surface area contributed by atoms with Gasteiger partial charge in [0, 0.05) is 4.88 Å². The average molecular weight is 277 g/mol. The molecule has 0 spiro atoms. The third-order valence-corrected chi connectivity index (χ3v) is 4.65. The molecule has 4 nitrogen and oxygen atoms in total. The van der Waals surface area contributed by atoms with Crippen LogP contribution in [0, 0.1) is 11.3 Å². The Balaban J connectivity index is 2.21. The summed E-state index contributed by atoms with van der Waals surface area (Å²) in [6.45, 7) is 6.39. The molecule has 1 aliphatic rings. The minimum absolute atomic E-state index is 0.0919. The quantitative estimate of drug-likeness (QED) is 0.888. The van der Waals surface area contributed by atoms with Gasteiger partial charge in [-0.05, 0) is 45.2 Å². The molecule has 0 atom stereocenters. The van der Waals surface area contributed by atoms with E-state index in [1.807, 2.05) is 20.8 Å². The minimum atomic E-state index is -0.629. The van der Waals surface area contributed by atoms with Crippen LogP contribution in [0.4, 0.5) is 5.00 Å². The van der Waals surface area contributed by atoms with Crippen molar-refractivity contribution in [3.8, 4) is 6.07 Å². The lowest BCUT2D eigenvalue weighted by atomic mass is 10.0. The molecule has 19 heavy (non-hydrogen) atoms. The van der Waals surface area contributed by atoms with E-state index in [9.17, 15) is 10.1 Å². The number of carbonyl (C=O) groups excluding carboxylic acids is 1. The van der Waals surface area contributed by atoms with Crippen molar-refractivity contribution >= 4 is 22.2 Å². The summed E-state index contributed by atoms with van der Waals surface area (Å²) >= 11 is 1.55. The number of hydrogen-bond donors (Lipinski definition) is 2. The third-order valence-electron chi connectivity index (χ3n) is 3.45. The molecule has 1 aromatic heterocycles. The maximum atomic E-state index is 12.2. The van der Waals surface area contributed by atoms with Gasteiger partial charge in [0.05, 0.1) is 11.1 Å². The van der Waals surface area contributed by atoms with E-state index in [4.69, 9.17) is 0 Å². The number of rotatable bonds is 4. The molecular weight excluding hydrogens is 258 g/mol. The van der Waals surface area contributed by atoms with E-state index in [1.54, 1.807) is 11.3 Å². The number of thiophene rings is 1. The molecule has 0 radical (unpaired) electrons. The van der Waals surface area contributed by atoms with E-state index in [0.29, 0.717) is 10.6 Å². The maximum Gasteiger partial charge on any atom is 0.244 e. The summed E-state index contributed by atoms with van der Waals surface area (Å²) in [5, 5.41) is 16.0. The van der Waals surface area contributed by atoms with Crippen molar-refractivity contribution in [2.24, 2.45) is 0 Å². The Morgan fingerprint density at radius 3 is 2.84 bits per heavy atom. The van der Waals surface area contributed by atoms with Gasteiger partial charge in [-0.25, -0.2) is 0 Å². The Kier molecular flexibility index (Phi) is 3.93. The minimum Gasteiger partial charge on any atom is -0.315 e. The first-order valence-corrected chi connectivity index (χ1v) is 7.42. The smallest absolute Gasteiger partial charge is 0.244 e. The summed E-state index contributed by atoms with van der Waals surface area (Å²) in [4.78, 5) is 13.5. The van der Waals surface area contributed by atoms with Crippen LogP contribution in [-0.2, 0) is 17.6 Å². The van der Waals surface area contributed by atoms with Crippen LogP contribution in [0.25, 0.3) is 0 Å². The van der Waals surface area contributed by atoms with Gasteiger partial charge in [-0.1, -0.05) is 6.92 Å². The number of likely N-dealkylation sites (N-methyl/N-ethyl adjacent to an activating group) is 1. The van der Waals surface area contributed by atoms with E-state index in [1.165, 1.54) is 4.88 Å². The van der Waals surface area contributed by atoms with Crippen LogP contribution in [0.5, 0.6) is 0 Å². The Labute approximate surface area is 117 Å². The molecule has 2 rings (SSSR count). The average Bonchev–Trinajstić information content (AvgIpc) is 2.88. The SMILES string of the molecule is CCNC(C)(C)C(=O)Nc1sc2c(c1C#N)CCC2. The molecule has 1 aliphatic carbocycles. The van der Waals surface area contributed by atoms with E-state index in [0.717, 1.165) is 31.4 Å². The van der Waals surface area contributed by atoms with E-state index >= 15 is 0 Å². The fourth-order valence-corrected chi connectivity index (χ4v) is 3.63. The molecule has 2 N–H and O–H groups in total. The number of aryl methyl sites for hydroxylation is 1. The molecule has 1 aromatic rings. The molecule has 0 saturated heterocycles. The summed E-state index contributed by atoms with van der Waals surface area (Å²) in [7, 11) is 0. The van der Waals surface area contributed by atoms with Gasteiger partial charge in [0.1, 0.15) is 11.1 Å². The number of hydrogen-bond acceptors (Lipinski definition) is 4. The molecular formula is C14H19N3OS. The van der Waals surface area contributed by atoms with Gasteiger partial charge in [-0.15, -0.1) is 11.3 Å². The van der Waals surface area contributed by atoms with Crippen LogP contribution in [0.3, 0.4) is 0 Å². The highest BCUT2D eigenvalue weighted by atomic mass is 32.1. The molecule has 0 saturated carbocycles. The second-order valence-electron chi connectivity index (χ2n) is 5.28. The first-order valence-electron chi connectivity index (χ1n) is 6.60. The highest BCUT2D eigenvalue weighted by Gasteiger charge is 2.29.